The van der Waals surface area contributed by atoms with Crippen LogP contribution in [0.5, 0.6) is 0 Å². The molecule has 2 N–H and O–H groups in total. The van der Waals surface area contributed by atoms with Gasteiger partial charge >= 0.3 is 0 Å². The van der Waals surface area contributed by atoms with E-state index in [0.717, 1.165) is 4.90 Å². The van der Waals surface area contributed by atoms with Gasteiger partial charge in [0.05, 0.1) is 17.0 Å². The molecule has 3 rings (SSSR count). The molecule has 6 nitrogen and oxygen atoms in total. The number of aliphatic hydroxyl groups excluding tert-OH is 1. The Balaban J connectivity index is 2.24. The third-order valence-corrected chi connectivity index (χ3v) is 3.34. The molecule has 2 amide bonds. The van der Waals surface area contributed by atoms with Crippen LogP contribution in [-0.4, -0.2) is 27.1 Å². The molecule has 0 fully saturated rings. The Kier molecular flexibility index (Phi) is 2.86. The van der Waals surface area contributed by atoms with E-state index in [2.05, 4.69) is 10.2 Å². The maximum absolute atomic E-state index is 12.5. The second-order valence-corrected chi connectivity index (χ2v) is 4.82. The van der Waals surface area contributed by atoms with Gasteiger partial charge < -0.3 is 5.11 Å². The molecule has 1 aromatic carbocycles. The lowest BCUT2D eigenvalue weighted by Crippen LogP contribution is -2.31. The van der Waals surface area contributed by atoms with Crippen molar-refractivity contribution in [3.63, 3.8) is 0 Å². The number of aromatic nitrogens is 2. The maximum Gasteiger partial charge on any atom is 0.269 e. The van der Waals surface area contributed by atoms with E-state index >= 15 is 0 Å². The van der Waals surface area contributed by atoms with Gasteiger partial charge in [-0.25, -0.2) is 4.90 Å². The molecular weight excluding hydrogens is 270 g/mol. The molecule has 2 heterocycles. The smallest absolute Gasteiger partial charge is 0.269 e. The fourth-order valence-corrected chi connectivity index (χ4v) is 2.44. The fraction of sp³-hybridized carbons (Fsp3) is 0.133. The number of para-hydroxylation sites is 1. The van der Waals surface area contributed by atoms with Gasteiger partial charge in [-0.15, -0.1) is 0 Å². The molecule has 0 aliphatic carbocycles. The summed E-state index contributed by atoms with van der Waals surface area (Å²) < 4.78 is 0. The van der Waals surface area contributed by atoms with E-state index in [9.17, 15) is 14.7 Å². The maximum atomic E-state index is 12.5. The van der Waals surface area contributed by atoms with Crippen molar-refractivity contribution in [3.05, 3.63) is 47.3 Å². The van der Waals surface area contributed by atoms with E-state index in [4.69, 9.17) is 0 Å². The van der Waals surface area contributed by atoms with Crippen LogP contribution in [0.25, 0.3) is 11.3 Å². The van der Waals surface area contributed by atoms with E-state index in [0.29, 0.717) is 22.6 Å². The molecule has 0 bridgehead atoms. The van der Waals surface area contributed by atoms with Crippen LogP contribution in [0, 0.1) is 6.92 Å². The number of carbonyl (C=O) groups is 2. The van der Waals surface area contributed by atoms with Gasteiger partial charge in [0.2, 0.25) is 5.91 Å². The lowest BCUT2D eigenvalue weighted by Gasteiger charge is -2.11. The zero-order valence-electron chi connectivity index (χ0n) is 11.5. The van der Waals surface area contributed by atoms with Crippen molar-refractivity contribution in [2.24, 2.45) is 0 Å². The number of anilines is 1. The number of hydrogen-bond acceptors (Lipinski definition) is 4. The SMILES string of the molecule is CC(=O)N1C(=O)C(=C(O)c2cc(C)n[nH]2)c2ccccc21. The van der Waals surface area contributed by atoms with Crippen molar-refractivity contribution in [1.82, 2.24) is 10.2 Å². The molecule has 106 valence electrons. The van der Waals surface area contributed by atoms with Crippen molar-refractivity contribution in [2.75, 3.05) is 4.90 Å². The lowest BCUT2D eigenvalue weighted by molar-refractivity contribution is -0.122. The lowest BCUT2D eigenvalue weighted by atomic mass is 10.0. The number of benzene rings is 1. The van der Waals surface area contributed by atoms with Crippen molar-refractivity contribution < 1.29 is 14.7 Å². The second kappa shape index (κ2) is 4.59. The summed E-state index contributed by atoms with van der Waals surface area (Å²) in [5.74, 6) is -1.14. The minimum Gasteiger partial charge on any atom is -0.505 e. The molecule has 0 spiro atoms. The molecule has 0 saturated carbocycles. The van der Waals surface area contributed by atoms with Gasteiger partial charge in [0.15, 0.2) is 5.76 Å². The molecule has 1 aliphatic rings. The van der Waals surface area contributed by atoms with Gasteiger partial charge in [-0.05, 0) is 19.1 Å². The van der Waals surface area contributed by atoms with E-state index in [-0.39, 0.29) is 11.3 Å². The Bertz CT molecular complexity index is 789. The largest absolute Gasteiger partial charge is 0.505 e. The average molecular weight is 283 g/mol. The number of carbonyl (C=O) groups excluding carboxylic acids is 2. The first-order valence-corrected chi connectivity index (χ1v) is 6.40. The minimum absolute atomic E-state index is 0.101. The third-order valence-electron chi connectivity index (χ3n) is 3.34. The molecule has 1 aliphatic heterocycles. The van der Waals surface area contributed by atoms with Crippen LogP contribution < -0.4 is 4.90 Å². The summed E-state index contributed by atoms with van der Waals surface area (Å²) in [6.07, 6.45) is 0. The fourth-order valence-electron chi connectivity index (χ4n) is 2.44. The number of nitrogens with one attached hydrogen (secondary N) is 1. The quantitative estimate of drug-likeness (QED) is 0.619. The van der Waals surface area contributed by atoms with E-state index in [1.807, 2.05) is 0 Å². The van der Waals surface area contributed by atoms with Gasteiger partial charge in [-0.2, -0.15) is 5.10 Å². The number of fused-ring (bicyclic) bond motifs is 1. The number of rotatable bonds is 1. The van der Waals surface area contributed by atoms with E-state index in [1.54, 1.807) is 37.3 Å². The topological polar surface area (TPSA) is 86.3 Å². The van der Waals surface area contributed by atoms with Crippen LogP contribution >= 0.6 is 0 Å². The number of aliphatic hydroxyl groups is 1. The second-order valence-electron chi connectivity index (χ2n) is 4.82. The Morgan fingerprint density at radius 3 is 2.67 bits per heavy atom. The van der Waals surface area contributed by atoms with Gasteiger partial charge in [-0.1, -0.05) is 18.2 Å². The average Bonchev–Trinajstić information content (AvgIpc) is 2.98. The summed E-state index contributed by atoms with van der Waals surface area (Å²) >= 11 is 0. The molecule has 1 aromatic heterocycles. The van der Waals surface area contributed by atoms with Crippen LogP contribution in [0.4, 0.5) is 5.69 Å². The predicted octanol–water partition coefficient (Wildman–Crippen LogP) is 2.04. The first-order chi connectivity index (χ1) is 10.0. The highest BCUT2D eigenvalue weighted by molar-refractivity contribution is 6.42. The molecular formula is C15H13N3O3. The summed E-state index contributed by atoms with van der Waals surface area (Å²) in [7, 11) is 0. The van der Waals surface area contributed by atoms with Crippen LogP contribution in [0.3, 0.4) is 0 Å². The van der Waals surface area contributed by atoms with Crippen LogP contribution in [-0.2, 0) is 9.59 Å². The molecule has 6 heteroatoms. The standard InChI is InChI=1S/C15H13N3O3/c1-8-7-11(17-16-8)14(20)13-10-5-3-4-6-12(10)18(9(2)19)15(13)21/h3-7,20H,1-2H3,(H,16,17). The Morgan fingerprint density at radius 2 is 2.05 bits per heavy atom. The number of imide groups is 1. The summed E-state index contributed by atoms with van der Waals surface area (Å²) in [6.45, 7) is 3.08. The van der Waals surface area contributed by atoms with Gasteiger partial charge in [0.25, 0.3) is 5.91 Å². The van der Waals surface area contributed by atoms with Crippen molar-refractivity contribution in [1.29, 1.82) is 0 Å². The highest BCUT2D eigenvalue weighted by Gasteiger charge is 2.37. The Morgan fingerprint density at radius 1 is 1.33 bits per heavy atom. The highest BCUT2D eigenvalue weighted by Crippen LogP contribution is 2.39. The molecule has 2 aromatic rings. The molecule has 0 saturated heterocycles. The summed E-state index contributed by atoms with van der Waals surface area (Å²) in [5.41, 5.74) is 2.15. The summed E-state index contributed by atoms with van der Waals surface area (Å²) in [5, 5.41) is 17.0. The molecule has 0 radical (unpaired) electrons. The molecule has 0 unspecified atom stereocenters. The molecule has 21 heavy (non-hydrogen) atoms. The van der Waals surface area contributed by atoms with E-state index in [1.165, 1.54) is 6.92 Å². The summed E-state index contributed by atoms with van der Waals surface area (Å²) in [4.78, 5) is 25.2. The van der Waals surface area contributed by atoms with Gasteiger partial charge in [-0.3, -0.25) is 14.7 Å². The van der Waals surface area contributed by atoms with Crippen LogP contribution in [0.2, 0.25) is 0 Å². The highest BCUT2D eigenvalue weighted by atomic mass is 16.3. The normalized spacial score (nSPS) is 16.1. The number of aromatic amines is 1. The van der Waals surface area contributed by atoms with E-state index < -0.39 is 11.8 Å². The van der Waals surface area contributed by atoms with Crippen molar-refractivity contribution in [3.8, 4) is 0 Å². The Labute approximate surface area is 120 Å². The summed E-state index contributed by atoms with van der Waals surface area (Å²) in [6, 6.07) is 8.50. The van der Waals surface area contributed by atoms with Crippen molar-refractivity contribution >= 4 is 28.8 Å². The number of hydrogen-bond donors (Lipinski definition) is 2. The first-order valence-electron chi connectivity index (χ1n) is 6.40. The van der Waals surface area contributed by atoms with Crippen LogP contribution in [0.15, 0.2) is 30.3 Å². The Hall–Kier alpha value is -2.89. The van der Waals surface area contributed by atoms with Gasteiger partial charge in [0.1, 0.15) is 5.69 Å². The van der Waals surface area contributed by atoms with Crippen LogP contribution in [0.1, 0.15) is 23.9 Å². The molecule has 0 atom stereocenters. The first kappa shape index (κ1) is 13.1. The van der Waals surface area contributed by atoms with Crippen molar-refractivity contribution in [2.45, 2.75) is 13.8 Å². The number of nitrogens with zero attached hydrogens (tertiary/aromatic N) is 2. The number of amides is 2. The number of H-pyrrole nitrogens is 1. The zero-order chi connectivity index (χ0) is 15.1. The monoisotopic (exact) mass is 283 g/mol. The zero-order valence-corrected chi connectivity index (χ0v) is 11.5. The minimum atomic E-state index is -0.534. The third kappa shape index (κ3) is 1.92. The number of aryl methyl sites for hydroxylation is 1. The van der Waals surface area contributed by atoms with Gasteiger partial charge in [0, 0.05) is 12.5 Å². The predicted molar refractivity (Wildman–Crippen MR) is 77.4 cm³/mol.